The van der Waals surface area contributed by atoms with E-state index in [2.05, 4.69) is 0 Å². The molecule has 0 fully saturated rings. The Bertz CT molecular complexity index is 1950. The molecule has 0 spiro atoms. The molecule has 1 aliphatic rings. The molecule has 1 atom stereocenters. The summed E-state index contributed by atoms with van der Waals surface area (Å²) in [6, 6.07) is 48.0. The Hall–Kier alpha value is -5.60. The Balaban J connectivity index is 1.51. The minimum atomic E-state index is -5.35. The van der Waals surface area contributed by atoms with Gasteiger partial charge in [-0.25, -0.2) is 0 Å². The van der Waals surface area contributed by atoms with E-state index in [4.69, 9.17) is 49.5 Å². The van der Waals surface area contributed by atoms with Gasteiger partial charge in [0.2, 0.25) is 0 Å². The number of hydrogen-bond donors (Lipinski definition) is 3. The Morgan fingerprint density at radius 1 is 0.451 bits per heavy atom. The summed E-state index contributed by atoms with van der Waals surface area (Å²) in [6.07, 6.45) is 0. The molecule has 0 radical (unpaired) electrons. The molecule has 0 saturated carbocycles. The quantitative estimate of drug-likeness (QED) is 0.0812. The van der Waals surface area contributed by atoms with Crippen LogP contribution in [0.5, 0.6) is 34.5 Å². The molecule has 0 saturated heterocycles. The zero-order chi connectivity index (χ0) is 35.1. The summed E-state index contributed by atoms with van der Waals surface area (Å²) in [5, 5.41) is 0. The number of benzene rings is 6. The fourth-order valence-corrected chi connectivity index (χ4v) is 12.3. The molecule has 51 heavy (non-hydrogen) atoms. The number of nitrogens with zero attached hydrogens (tertiary/aromatic N) is 3. The van der Waals surface area contributed by atoms with E-state index in [9.17, 15) is 0 Å². The van der Waals surface area contributed by atoms with Crippen molar-refractivity contribution in [2.24, 2.45) is 4.52 Å². The van der Waals surface area contributed by atoms with E-state index in [0.29, 0.717) is 51.6 Å². The number of para-hydroxylation sites is 3. The Labute approximate surface area is 297 Å². The molecule has 7 rings (SSSR count). The topological polar surface area (TPSA) is 152 Å². The van der Waals surface area contributed by atoms with Crippen molar-refractivity contribution in [1.82, 2.24) is 9.21 Å². The molecule has 12 nitrogen and oxygen atoms in total. The zero-order valence-electron chi connectivity index (χ0n) is 27.0. The van der Waals surface area contributed by atoms with Crippen molar-refractivity contribution in [3.63, 3.8) is 0 Å². The van der Waals surface area contributed by atoms with Gasteiger partial charge >= 0.3 is 299 Å². The average molecular weight is 739 g/mol. The van der Waals surface area contributed by atoms with Crippen molar-refractivity contribution in [3.05, 3.63) is 164 Å². The van der Waals surface area contributed by atoms with E-state index in [1.165, 1.54) is 9.21 Å². The van der Waals surface area contributed by atoms with Crippen LogP contribution < -0.4 is 45.0 Å². The molecule has 0 bridgehead atoms. The number of nitrogens with two attached hydrogens (primary N) is 3. The molecule has 0 aromatic heterocycles. The van der Waals surface area contributed by atoms with Gasteiger partial charge < -0.3 is 0 Å². The summed E-state index contributed by atoms with van der Waals surface area (Å²) in [4.78, 5) is 13.3. The summed E-state index contributed by atoms with van der Waals surface area (Å²) in [5.41, 5.74) is 19.9. The van der Waals surface area contributed by atoms with Crippen LogP contribution in [0.3, 0.4) is 0 Å². The molecule has 1 aliphatic heterocycles. The molecule has 1 unspecified atom stereocenters. The second-order valence-electron chi connectivity index (χ2n) is 10.9. The van der Waals surface area contributed by atoms with Gasteiger partial charge in [0.1, 0.15) is 0 Å². The predicted molar refractivity (Wildman–Crippen MR) is 203 cm³/mol. The summed E-state index contributed by atoms with van der Waals surface area (Å²) in [6.45, 7) is 0. The van der Waals surface area contributed by atoms with Crippen LogP contribution in [0.2, 0.25) is 0 Å². The molecule has 15 heteroatoms. The average Bonchev–Trinajstić information content (AvgIpc) is 3.15. The van der Waals surface area contributed by atoms with Crippen LogP contribution in [0, 0.1) is 0 Å². The number of anilines is 3. The van der Waals surface area contributed by atoms with Gasteiger partial charge in [-0.15, -0.1) is 0 Å². The molecule has 6 N–H and O–H groups in total. The molecular formula is C36H33N6O6P3. The summed E-state index contributed by atoms with van der Waals surface area (Å²) in [7, 11) is -7.39. The van der Waals surface area contributed by atoms with Gasteiger partial charge in [-0.3, -0.25) is 0 Å². The zero-order valence-corrected chi connectivity index (χ0v) is 29.6. The summed E-state index contributed by atoms with van der Waals surface area (Å²) in [5.74, 6) is 2.41. The van der Waals surface area contributed by atoms with Gasteiger partial charge in [0.25, 0.3) is 0 Å². The van der Waals surface area contributed by atoms with Gasteiger partial charge in [0, 0.05) is 0 Å². The predicted octanol–water partition coefficient (Wildman–Crippen LogP) is 10.1. The van der Waals surface area contributed by atoms with E-state index in [0.717, 1.165) is 0 Å². The van der Waals surface area contributed by atoms with E-state index < -0.39 is 16.0 Å². The SMILES string of the molecule is Nc1ccc(OP2(Oc3ccc(N)cc3)(Oc3ccc(N)cc3)N=PN(Oc3ccccc3)P(Oc3ccccc3)N2Oc2ccccc2)cc1. The molecule has 258 valence electrons. The van der Waals surface area contributed by atoms with Gasteiger partial charge in [-0.2, -0.15) is 0 Å². The number of hydrogen-bond acceptors (Lipinski definition) is 12. The fourth-order valence-electron chi connectivity index (χ4n) is 4.66. The Morgan fingerprint density at radius 3 is 1.24 bits per heavy atom. The van der Waals surface area contributed by atoms with Crippen LogP contribution >= 0.6 is 24.6 Å². The van der Waals surface area contributed by atoms with Crippen molar-refractivity contribution < 1.29 is 27.8 Å². The van der Waals surface area contributed by atoms with Crippen LogP contribution in [-0.2, 0) is 0 Å². The van der Waals surface area contributed by atoms with Gasteiger partial charge in [-0.1, -0.05) is 0 Å². The first-order valence-corrected chi connectivity index (χ1v) is 19.4. The van der Waals surface area contributed by atoms with E-state index in [1.807, 2.05) is 78.9 Å². The monoisotopic (exact) mass is 738 g/mol. The molecule has 0 aliphatic carbocycles. The van der Waals surface area contributed by atoms with Gasteiger partial charge in [-0.05, 0) is 0 Å². The number of rotatable bonds is 12. The summed E-state index contributed by atoms with van der Waals surface area (Å²) < 4.78 is 36.1. The molecule has 1 heterocycles. The fraction of sp³-hybridized carbons (Fsp3) is 0. The maximum absolute atomic E-state index is 7.05. The van der Waals surface area contributed by atoms with Crippen molar-refractivity contribution in [2.45, 2.75) is 0 Å². The standard InChI is InChI=1S/C36H33N6O6P3/c37-28-16-22-34(23-17-28)46-51(47-35-24-18-29(38)19-25-35,48-36-26-20-30(39)21-27-36)40-49-41(43-31-10-4-1-5-11-31)50(45-33-14-8-3-9-15-33)42(51)44-32-12-6-2-7-13-32/h1-27H,37-39H2. The third kappa shape index (κ3) is 7.76. The molecular weight excluding hydrogens is 705 g/mol. The second kappa shape index (κ2) is 14.7. The van der Waals surface area contributed by atoms with Crippen molar-refractivity contribution in [1.29, 1.82) is 0 Å². The van der Waals surface area contributed by atoms with Crippen LogP contribution in [0.25, 0.3) is 0 Å². The van der Waals surface area contributed by atoms with Crippen LogP contribution in [-0.4, -0.2) is 9.21 Å². The van der Waals surface area contributed by atoms with Gasteiger partial charge in [0.15, 0.2) is 0 Å². The first-order chi connectivity index (χ1) is 24.9. The van der Waals surface area contributed by atoms with E-state index >= 15 is 0 Å². The first-order valence-electron chi connectivity index (χ1n) is 15.6. The summed E-state index contributed by atoms with van der Waals surface area (Å²) >= 11 is 0. The minimum absolute atomic E-state index is 0.197. The van der Waals surface area contributed by atoms with Crippen LogP contribution in [0.4, 0.5) is 17.1 Å². The van der Waals surface area contributed by atoms with Gasteiger partial charge in [0.05, 0.1) is 0 Å². The van der Waals surface area contributed by atoms with Crippen LogP contribution in [0.1, 0.15) is 0 Å². The first kappa shape index (κ1) is 33.9. The normalized spacial score (nSPS) is 17.6. The van der Waals surface area contributed by atoms with Crippen molar-refractivity contribution in [3.8, 4) is 34.5 Å². The molecule has 0 amide bonds. The number of nitrogen functional groups attached to an aromatic ring is 3. The molecule has 6 aromatic carbocycles. The second-order valence-corrected chi connectivity index (χ2v) is 16.8. The maximum atomic E-state index is 7.05. The Kier molecular flexibility index (Phi) is 9.77. The van der Waals surface area contributed by atoms with Crippen LogP contribution in [0.15, 0.2) is 168 Å². The third-order valence-corrected chi connectivity index (χ3v) is 14.2. The van der Waals surface area contributed by atoms with Crippen molar-refractivity contribution in [2.75, 3.05) is 17.2 Å². The van der Waals surface area contributed by atoms with Crippen molar-refractivity contribution >= 4 is 41.6 Å². The van der Waals surface area contributed by atoms with E-state index in [1.54, 1.807) is 84.9 Å². The van der Waals surface area contributed by atoms with E-state index in [-0.39, 0.29) is 8.52 Å². The third-order valence-electron chi connectivity index (χ3n) is 7.06. The Morgan fingerprint density at radius 2 is 0.824 bits per heavy atom. The molecule has 6 aromatic rings.